The Bertz CT molecular complexity index is 255. The summed E-state index contributed by atoms with van der Waals surface area (Å²) >= 11 is 0. The van der Waals surface area contributed by atoms with E-state index in [1.165, 1.54) is 26.4 Å². The largest absolute Gasteiger partial charge is 0.469 e. The molecule has 2 N–H and O–H groups in total. The highest BCUT2D eigenvalue weighted by molar-refractivity contribution is 5.70. The lowest BCUT2D eigenvalue weighted by Gasteiger charge is -2.37. The van der Waals surface area contributed by atoms with Gasteiger partial charge in [0.1, 0.15) is 0 Å². The molecule has 17 heavy (non-hydrogen) atoms. The van der Waals surface area contributed by atoms with Crippen molar-refractivity contribution in [2.24, 2.45) is 17.1 Å². The maximum atomic E-state index is 11.6. The van der Waals surface area contributed by atoms with E-state index in [-0.39, 0.29) is 17.4 Å². The number of carbonyl (C=O) groups excluding carboxylic acids is 1. The number of esters is 1. The Morgan fingerprint density at radius 3 is 2.76 bits per heavy atom. The third kappa shape index (κ3) is 3.70. The molecule has 3 nitrogen and oxygen atoms in total. The molecule has 0 heterocycles. The van der Waals surface area contributed by atoms with Gasteiger partial charge in [0, 0.05) is 6.04 Å². The molecule has 3 heteroatoms. The van der Waals surface area contributed by atoms with E-state index >= 15 is 0 Å². The zero-order valence-corrected chi connectivity index (χ0v) is 11.5. The van der Waals surface area contributed by atoms with Gasteiger partial charge in [-0.05, 0) is 30.6 Å². The van der Waals surface area contributed by atoms with E-state index < -0.39 is 0 Å². The Morgan fingerprint density at radius 1 is 1.47 bits per heavy atom. The lowest BCUT2D eigenvalue weighted by molar-refractivity contribution is -0.144. The second-order valence-corrected chi connectivity index (χ2v) is 5.67. The molecule has 1 aliphatic carbocycles. The topological polar surface area (TPSA) is 52.3 Å². The Labute approximate surface area is 105 Å². The van der Waals surface area contributed by atoms with E-state index in [2.05, 4.69) is 13.8 Å². The summed E-state index contributed by atoms with van der Waals surface area (Å²) in [5, 5.41) is 0. The van der Waals surface area contributed by atoms with Gasteiger partial charge in [-0.1, -0.05) is 33.1 Å². The first kappa shape index (κ1) is 14.5. The molecule has 0 aromatic heterocycles. The molecule has 0 aromatic rings. The van der Waals surface area contributed by atoms with Gasteiger partial charge in [-0.2, -0.15) is 0 Å². The Kier molecular flexibility index (Phi) is 5.44. The quantitative estimate of drug-likeness (QED) is 0.608. The summed E-state index contributed by atoms with van der Waals surface area (Å²) in [5.74, 6) is 0.655. The molecule has 0 aromatic carbocycles. The minimum atomic E-state index is -0.108. The summed E-state index contributed by atoms with van der Waals surface area (Å²) in [6, 6.07) is 0.117. The highest BCUT2D eigenvalue weighted by atomic mass is 16.5. The number of methoxy groups -OCH3 is 1. The first-order valence-corrected chi connectivity index (χ1v) is 6.86. The minimum absolute atomic E-state index is 0.0212. The third-order valence-electron chi connectivity index (χ3n) is 4.46. The van der Waals surface area contributed by atoms with Crippen LogP contribution in [0.5, 0.6) is 0 Å². The summed E-state index contributed by atoms with van der Waals surface area (Å²) in [7, 11) is 1.47. The molecule has 0 amide bonds. The fraction of sp³-hybridized carbons (Fsp3) is 0.929. The maximum absolute atomic E-state index is 11.6. The Morgan fingerprint density at radius 2 is 2.18 bits per heavy atom. The van der Waals surface area contributed by atoms with Crippen LogP contribution >= 0.6 is 0 Å². The molecule has 0 saturated heterocycles. The fourth-order valence-electron chi connectivity index (χ4n) is 3.08. The number of nitrogens with two attached hydrogens (primary N) is 1. The van der Waals surface area contributed by atoms with Gasteiger partial charge < -0.3 is 10.5 Å². The third-order valence-corrected chi connectivity index (χ3v) is 4.46. The highest BCUT2D eigenvalue weighted by Crippen LogP contribution is 2.43. The smallest absolute Gasteiger partial charge is 0.306 e. The minimum Gasteiger partial charge on any atom is -0.469 e. The van der Waals surface area contributed by atoms with Crippen LogP contribution in [0.3, 0.4) is 0 Å². The van der Waals surface area contributed by atoms with Crippen LogP contribution in [0, 0.1) is 11.3 Å². The van der Waals surface area contributed by atoms with Gasteiger partial charge in [-0.3, -0.25) is 4.79 Å². The van der Waals surface area contributed by atoms with Gasteiger partial charge in [0.05, 0.1) is 13.5 Å². The summed E-state index contributed by atoms with van der Waals surface area (Å²) in [6.45, 7) is 4.41. The number of carbonyl (C=O) groups is 1. The van der Waals surface area contributed by atoms with Crippen molar-refractivity contribution < 1.29 is 9.53 Å². The van der Waals surface area contributed by atoms with Crippen molar-refractivity contribution in [2.75, 3.05) is 7.11 Å². The molecule has 0 radical (unpaired) electrons. The van der Waals surface area contributed by atoms with Crippen molar-refractivity contribution in [2.45, 2.75) is 64.8 Å². The van der Waals surface area contributed by atoms with Crippen LogP contribution < -0.4 is 5.73 Å². The second kappa shape index (κ2) is 6.39. The zero-order chi connectivity index (χ0) is 12.9. The van der Waals surface area contributed by atoms with Crippen molar-refractivity contribution in [1.82, 2.24) is 0 Å². The molecule has 1 aliphatic rings. The van der Waals surface area contributed by atoms with Gasteiger partial charge >= 0.3 is 5.97 Å². The molecule has 0 spiro atoms. The molecule has 1 rings (SSSR count). The first-order valence-electron chi connectivity index (χ1n) is 6.86. The summed E-state index contributed by atoms with van der Waals surface area (Å²) < 4.78 is 4.85. The highest BCUT2D eigenvalue weighted by Gasteiger charge is 2.39. The lowest BCUT2D eigenvalue weighted by Crippen LogP contribution is -2.43. The molecular formula is C14H27NO2. The summed E-state index contributed by atoms with van der Waals surface area (Å²) in [4.78, 5) is 11.6. The maximum Gasteiger partial charge on any atom is 0.306 e. The molecule has 3 atom stereocenters. The van der Waals surface area contributed by atoms with Crippen LogP contribution in [-0.4, -0.2) is 19.1 Å². The van der Waals surface area contributed by atoms with E-state index in [9.17, 15) is 4.79 Å². The summed E-state index contributed by atoms with van der Waals surface area (Å²) in [6.07, 6.45) is 7.20. The molecule has 0 bridgehead atoms. The van der Waals surface area contributed by atoms with Gasteiger partial charge in [0.2, 0.25) is 0 Å². The lowest BCUT2D eigenvalue weighted by atomic mass is 9.70. The number of hydrogen-bond donors (Lipinski definition) is 1. The Hall–Kier alpha value is -0.570. The van der Waals surface area contributed by atoms with Crippen LogP contribution in [0.15, 0.2) is 0 Å². The SMILES string of the molecule is CCC(N)C1(CC(=O)OC)CCCC(C)CC1. The van der Waals surface area contributed by atoms with Gasteiger partial charge in [0.15, 0.2) is 0 Å². The van der Waals surface area contributed by atoms with Crippen molar-refractivity contribution in [1.29, 1.82) is 0 Å². The standard InChI is InChI=1S/C14H27NO2/c1-4-12(15)14(10-13(16)17-3)8-5-6-11(2)7-9-14/h11-12H,4-10,15H2,1-3H3. The Balaban J connectivity index is 2.80. The second-order valence-electron chi connectivity index (χ2n) is 5.67. The van der Waals surface area contributed by atoms with E-state index in [1.54, 1.807) is 0 Å². The number of ether oxygens (including phenoxy) is 1. The fourth-order valence-corrected chi connectivity index (χ4v) is 3.08. The summed E-state index contributed by atoms with van der Waals surface area (Å²) in [5.41, 5.74) is 6.27. The molecule has 0 aliphatic heterocycles. The molecule has 1 fully saturated rings. The number of rotatable bonds is 4. The predicted octanol–water partition coefficient (Wildman–Crippen LogP) is 2.87. The van der Waals surface area contributed by atoms with Crippen molar-refractivity contribution >= 4 is 5.97 Å². The van der Waals surface area contributed by atoms with Crippen LogP contribution in [0.2, 0.25) is 0 Å². The van der Waals surface area contributed by atoms with E-state index in [0.29, 0.717) is 6.42 Å². The van der Waals surface area contributed by atoms with Crippen molar-refractivity contribution in [3.63, 3.8) is 0 Å². The average molecular weight is 241 g/mol. The van der Waals surface area contributed by atoms with Gasteiger partial charge in [-0.25, -0.2) is 0 Å². The zero-order valence-electron chi connectivity index (χ0n) is 11.5. The van der Waals surface area contributed by atoms with E-state index in [1.807, 2.05) is 0 Å². The van der Waals surface area contributed by atoms with Crippen molar-refractivity contribution in [3.05, 3.63) is 0 Å². The molecular weight excluding hydrogens is 214 g/mol. The van der Waals surface area contributed by atoms with E-state index in [4.69, 9.17) is 10.5 Å². The monoisotopic (exact) mass is 241 g/mol. The normalized spacial score (nSPS) is 31.6. The number of hydrogen-bond acceptors (Lipinski definition) is 3. The molecule has 100 valence electrons. The van der Waals surface area contributed by atoms with Crippen LogP contribution in [0.4, 0.5) is 0 Å². The van der Waals surface area contributed by atoms with Crippen molar-refractivity contribution in [3.8, 4) is 0 Å². The van der Waals surface area contributed by atoms with Crippen LogP contribution in [0.1, 0.15) is 58.8 Å². The van der Waals surface area contributed by atoms with Gasteiger partial charge in [0.25, 0.3) is 0 Å². The predicted molar refractivity (Wildman–Crippen MR) is 69.6 cm³/mol. The van der Waals surface area contributed by atoms with Crippen LogP contribution in [-0.2, 0) is 9.53 Å². The molecule has 1 saturated carbocycles. The van der Waals surface area contributed by atoms with E-state index in [0.717, 1.165) is 25.2 Å². The first-order chi connectivity index (χ1) is 8.04. The average Bonchev–Trinajstić information content (AvgIpc) is 2.51. The van der Waals surface area contributed by atoms with Crippen LogP contribution in [0.25, 0.3) is 0 Å². The van der Waals surface area contributed by atoms with Gasteiger partial charge in [-0.15, -0.1) is 0 Å². The molecule has 3 unspecified atom stereocenters.